The van der Waals surface area contributed by atoms with Crippen molar-refractivity contribution < 1.29 is 13.9 Å². The first kappa shape index (κ1) is 19.5. The summed E-state index contributed by atoms with van der Waals surface area (Å²) in [6.45, 7) is 5.00. The summed E-state index contributed by atoms with van der Waals surface area (Å²) in [7, 11) is 1.86. The Bertz CT molecular complexity index is 1090. The zero-order valence-electron chi connectivity index (χ0n) is 17.5. The first-order valence-electron chi connectivity index (χ1n) is 10.2. The third kappa shape index (κ3) is 3.72. The first-order chi connectivity index (χ1) is 15.0. The molecule has 5 rings (SSSR count). The fourth-order valence-electron chi connectivity index (χ4n) is 4.23. The number of likely N-dealkylation sites (N-methyl/N-ethyl adjacent to an activating group) is 1. The monoisotopic (exact) mass is 420 g/mol. The van der Waals surface area contributed by atoms with E-state index in [-0.39, 0.29) is 18.2 Å². The largest absolute Gasteiger partial charge is 0.483 e. The minimum atomic E-state index is -0.113. The molecule has 9 nitrogen and oxygen atoms in total. The second-order valence-corrected chi connectivity index (χ2v) is 8.13. The molecule has 31 heavy (non-hydrogen) atoms. The van der Waals surface area contributed by atoms with Crippen LogP contribution in [0.25, 0.3) is 11.3 Å². The van der Waals surface area contributed by atoms with E-state index in [0.29, 0.717) is 24.9 Å². The molecule has 0 atom stereocenters. The van der Waals surface area contributed by atoms with Crippen LogP contribution >= 0.6 is 0 Å². The van der Waals surface area contributed by atoms with E-state index < -0.39 is 0 Å². The third-order valence-electron chi connectivity index (χ3n) is 5.95. The Hall–Kier alpha value is -3.46. The van der Waals surface area contributed by atoms with Crippen LogP contribution in [0.5, 0.6) is 5.75 Å². The van der Waals surface area contributed by atoms with Crippen LogP contribution in [0.3, 0.4) is 0 Å². The molecular formula is C22H24N6O3. The molecule has 0 unspecified atom stereocenters. The predicted molar refractivity (Wildman–Crippen MR) is 112 cm³/mol. The maximum absolute atomic E-state index is 11.9. The number of carbonyl (C=O) groups is 1. The molecule has 1 aromatic carbocycles. The minimum absolute atomic E-state index is 0.00401. The van der Waals surface area contributed by atoms with Crippen LogP contribution in [-0.2, 0) is 13.2 Å². The fraction of sp³-hybridized carbons (Fsp3) is 0.364. The van der Waals surface area contributed by atoms with E-state index >= 15 is 0 Å². The standard InChI is InChI=1S/C22H24N6O3/c1-15-25-26-20(31-15)11-30-19-7-6-16(18-5-3-4-8-23-18)9-17(19)10-28-13-22(14-28)12-24-21(29)27(22)2/h3-9H,10-14H2,1-2H3,(H,24,29). The zero-order chi connectivity index (χ0) is 21.4. The molecule has 1 N–H and O–H groups in total. The Morgan fingerprint density at radius 2 is 2.10 bits per heavy atom. The molecule has 0 bridgehead atoms. The zero-order valence-corrected chi connectivity index (χ0v) is 17.5. The van der Waals surface area contributed by atoms with Gasteiger partial charge in [0.15, 0.2) is 6.61 Å². The number of nitrogens with zero attached hydrogens (tertiary/aromatic N) is 5. The summed E-state index contributed by atoms with van der Waals surface area (Å²) in [5.41, 5.74) is 2.88. The number of carbonyl (C=O) groups excluding carboxylic acids is 1. The van der Waals surface area contributed by atoms with Crippen molar-refractivity contribution in [3.63, 3.8) is 0 Å². The van der Waals surface area contributed by atoms with Crippen molar-refractivity contribution in [2.75, 3.05) is 26.7 Å². The van der Waals surface area contributed by atoms with Crippen LogP contribution in [0.4, 0.5) is 4.79 Å². The number of hydrogen-bond donors (Lipinski definition) is 1. The summed E-state index contributed by atoms with van der Waals surface area (Å²) < 4.78 is 11.5. The number of amides is 2. The molecular weight excluding hydrogens is 396 g/mol. The number of pyridine rings is 1. The highest BCUT2D eigenvalue weighted by Gasteiger charge is 2.51. The van der Waals surface area contributed by atoms with Gasteiger partial charge in [-0.15, -0.1) is 10.2 Å². The highest BCUT2D eigenvalue weighted by molar-refractivity contribution is 5.78. The third-order valence-corrected chi connectivity index (χ3v) is 5.95. The van der Waals surface area contributed by atoms with Crippen LogP contribution in [0.1, 0.15) is 17.3 Å². The Labute approximate surface area is 180 Å². The van der Waals surface area contributed by atoms with E-state index in [9.17, 15) is 4.79 Å². The maximum atomic E-state index is 11.9. The lowest BCUT2D eigenvalue weighted by Gasteiger charge is -2.50. The van der Waals surface area contributed by atoms with Gasteiger partial charge in [0.1, 0.15) is 5.75 Å². The van der Waals surface area contributed by atoms with Crippen LogP contribution in [-0.4, -0.2) is 63.2 Å². The van der Waals surface area contributed by atoms with Gasteiger partial charge < -0.3 is 19.4 Å². The lowest BCUT2D eigenvalue weighted by atomic mass is 9.89. The Balaban J connectivity index is 1.36. The Kier molecular flexibility index (Phi) is 4.82. The summed E-state index contributed by atoms with van der Waals surface area (Å²) in [5.74, 6) is 1.72. The second-order valence-electron chi connectivity index (χ2n) is 8.13. The Morgan fingerprint density at radius 1 is 1.23 bits per heavy atom. The van der Waals surface area contributed by atoms with Gasteiger partial charge in [-0.1, -0.05) is 6.07 Å². The van der Waals surface area contributed by atoms with Gasteiger partial charge in [-0.05, 0) is 30.3 Å². The molecule has 0 aliphatic carbocycles. The van der Waals surface area contributed by atoms with Crippen molar-refractivity contribution in [3.05, 3.63) is 59.9 Å². The van der Waals surface area contributed by atoms with Crippen molar-refractivity contribution >= 4 is 6.03 Å². The molecule has 4 heterocycles. The second kappa shape index (κ2) is 7.66. The number of aryl methyl sites for hydroxylation is 1. The van der Waals surface area contributed by atoms with E-state index in [1.54, 1.807) is 13.1 Å². The van der Waals surface area contributed by atoms with E-state index in [2.05, 4.69) is 31.5 Å². The summed E-state index contributed by atoms with van der Waals surface area (Å²) in [6, 6.07) is 11.9. The van der Waals surface area contributed by atoms with Crippen molar-refractivity contribution in [2.24, 2.45) is 0 Å². The van der Waals surface area contributed by atoms with Crippen LogP contribution < -0.4 is 10.1 Å². The van der Waals surface area contributed by atoms with Gasteiger partial charge in [0.25, 0.3) is 5.89 Å². The highest BCUT2D eigenvalue weighted by atomic mass is 16.5. The van der Waals surface area contributed by atoms with Gasteiger partial charge in [0, 0.05) is 57.5 Å². The molecule has 0 saturated carbocycles. The van der Waals surface area contributed by atoms with E-state index in [0.717, 1.165) is 35.7 Å². The van der Waals surface area contributed by atoms with Gasteiger partial charge in [-0.25, -0.2) is 4.79 Å². The number of urea groups is 1. The van der Waals surface area contributed by atoms with E-state index in [1.165, 1.54) is 0 Å². The van der Waals surface area contributed by atoms with Crippen LogP contribution in [0, 0.1) is 6.92 Å². The minimum Gasteiger partial charge on any atom is -0.483 e. The van der Waals surface area contributed by atoms with Gasteiger partial charge in [0.2, 0.25) is 5.89 Å². The SMILES string of the molecule is Cc1nnc(COc2ccc(-c3ccccn3)cc2CN2CC3(CNC(=O)N3C)C2)o1. The first-order valence-corrected chi connectivity index (χ1v) is 10.2. The number of nitrogens with one attached hydrogen (secondary N) is 1. The highest BCUT2D eigenvalue weighted by Crippen LogP contribution is 2.34. The van der Waals surface area contributed by atoms with Crippen molar-refractivity contribution in [1.82, 2.24) is 30.3 Å². The normalized spacial score (nSPS) is 17.6. The summed E-state index contributed by atoms with van der Waals surface area (Å²) in [4.78, 5) is 20.5. The molecule has 2 fully saturated rings. The lowest BCUT2D eigenvalue weighted by molar-refractivity contribution is -0.00158. The number of rotatable bonds is 6. The fourth-order valence-corrected chi connectivity index (χ4v) is 4.23. The molecule has 2 amide bonds. The van der Waals surface area contributed by atoms with Gasteiger partial charge in [-0.3, -0.25) is 9.88 Å². The molecule has 2 aliphatic heterocycles. The maximum Gasteiger partial charge on any atom is 0.317 e. The Morgan fingerprint density at radius 3 is 2.77 bits per heavy atom. The number of likely N-dealkylation sites (tertiary alicyclic amines) is 1. The number of ether oxygens (including phenoxy) is 1. The smallest absolute Gasteiger partial charge is 0.317 e. The average Bonchev–Trinajstić information content (AvgIpc) is 3.31. The molecule has 2 saturated heterocycles. The van der Waals surface area contributed by atoms with E-state index in [4.69, 9.17) is 9.15 Å². The molecule has 3 aromatic rings. The molecule has 2 aromatic heterocycles. The van der Waals surface area contributed by atoms with Crippen molar-refractivity contribution in [1.29, 1.82) is 0 Å². The van der Waals surface area contributed by atoms with Crippen LogP contribution in [0.15, 0.2) is 47.0 Å². The van der Waals surface area contributed by atoms with Gasteiger partial charge in [0.05, 0.1) is 11.2 Å². The molecule has 0 radical (unpaired) electrons. The van der Waals surface area contributed by atoms with Gasteiger partial charge >= 0.3 is 6.03 Å². The number of aromatic nitrogens is 3. The molecule has 1 spiro atoms. The topological polar surface area (TPSA) is 96.6 Å². The lowest BCUT2D eigenvalue weighted by Crippen LogP contribution is -2.68. The van der Waals surface area contributed by atoms with E-state index in [1.807, 2.05) is 42.3 Å². The molecule has 160 valence electrons. The average molecular weight is 420 g/mol. The quantitative estimate of drug-likeness (QED) is 0.653. The van der Waals surface area contributed by atoms with Crippen molar-refractivity contribution in [3.8, 4) is 17.0 Å². The summed E-state index contributed by atoms with van der Waals surface area (Å²) in [5, 5.41) is 10.8. The number of hydrogen-bond acceptors (Lipinski definition) is 7. The number of benzene rings is 1. The summed E-state index contributed by atoms with van der Waals surface area (Å²) in [6.07, 6.45) is 1.79. The van der Waals surface area contributed by atoms with Gasteiger partial charge in [-0.2, -0.15) is 0 Å². The van der Waals surface area contributed by atoms with Crippen LogP contribution in [0.2, 0.25) is 0 Å². The molecule has 2 aliphatic rings. The van der Waals surface area contributed by atoms with Crippen molar-refractivity contribution in [2.45, 2.75) is 25.6 Å². The molecule has 9 heteroatoms. The predicted octanol–water partition coefficient (Wildman–Crippen LogP) is 2.23. The summed E-state index contributed by atoms with van der Waals surface area (Å²) >= 11 is 0.